The molecule has 0 bridgehead atoms. The van der Waals surface area contributed by atoms with Crippen LogP contribution in [0.4, 0.5) is 0 Å². The Kier molecular flexibility index (Phi) is 3.13. The molecule has 4 nitrogen and oxygen atoms in total. The molecule has 6 heteroatoms. The van der Waals surface area contributed by atoms with Gasteiger partial charge in [0.15, 0.2) is 5.65 Å². The number of fused-ring (bicyclic) bond motifs is 4. The third-order valence-corrected chi connectivity index (χ3v) is 4.65. The molecule has 106 valence electrons. The van der Waals surface area contributed by atoms with Gasteiger partial charge < -0.3 is 4.57 Å². The highest BCUT2D eigenvalue weighted by Crippen LogP contribution is 2.35. The number of nitrogens with zero attached hydrogens (tertiary/aromatic N) is 4. The molecule has 0 aliphatic heterocycles. The summed E-state index contributed by atoms with van der Waals surface area (Å²) in [6.45, 7) is 0.229. The first-order chi connectivity index (χ1) is 10.7. The zero-order valence-corrected chi connectivity index (χ0v) is 14.4. The Morgan fingerprint density at radius 3 is 2.55 bits per heavy atom. The van der Waals surface area contributed by atoms with Gasteiger partial charge in [0.1, 0.15) is 12.1 Å². The maximum Gasteiger partial charge on any atom is 0.161 e. The van der Waals surface area contributed by atoms with Gasteiger partial charge in [0, 0.05) is 14.3 Å². The van der Waals surface area contributed by atoms with Crippen LogP contribution in [0.15, 0.2) is 45.3 Å². The van der Waals surface area contributed by atoms with E-state index in [2.05, 4.69) is 37.9 Å². The Bertz CT molecular complexity index is 1090. The van der Waals surface area contributed by atoms with E-state index in [1.807, 2.05) is 41.0 Å². The monoisotopic (exact) mass is 414 g/mol. The number of halogens is 2. The van der Waals surface area contributed by atoms with Crippen LogP contribution >= 0.6 is 31.9 Å². The zero-order chi connectivity index (χ0) is 15.3. The van der Waals surface area contributed by atoms with E-state index < -0.39 is 0 Å². The van der Waals surface area contributed by atoms with Crippen LogP contribution in [-0.2, 0) is 6.54 Å². The molecule has 2 heterocycles. The standard InChI is InChI=1S/C16H8Br2N4/c17-9-7-10-14-16(21-13-4-2-1-3-12(13)20-14)22(6-5-19)15(10)11(18)8-9/h1-4,7-8H,6H2. The zero-order valence-electron chi connectivity index (χ0n) is 11.2. The van der Waals surface area contributed by atoms with Crippen LogP contribution in [0.25, 0.3) is 33.1 Å². The summed E-state index contributed by atoms with van der Waals surface area (Å²) in [6.07, 6.45) is 0. The first kappa shape index (κ1) is 13.7. The van der Waals surface area contributed by atoms with E-state index in [1.54, 1.807) is 0 Å². The third-order valence-electron chi connectivity index (χ3n) is 3.59. The fraction of sp³-hybridized carbons (Fsp3) is 0.0625. The number of hydrogen-bond acceptors (Lipinski definition) is 3. The number of hydrogen-bond donors (Lipinski definition) is 0. The molecule has 0 saturated carbocycles. The predicted molar refractivity (Wildman–Crippen MR) is 93.6 cm³/mol. The molecule has 0 atom stereocenters. The summed E-state index contributed by atoms with van der Waals surface area (Å²) in [7, 11) is 0. The van der Waals surface area contributed by atoms with Crippen LogP contribution in [0.3, 0.4) is 0 Å². The second-order valence-corrected chi connectivity index (χ2v) is 6.68. The van der Waals surface area contributed by atoms with Crippen molar-refractivity contribution in [3.63, 3.8) is 0 Å². The molecule has 0 amide bonds. The van der Waals surface area contributed by atoms with Crippen LogP contribution in [-0.4, -0.2) is 14.5 Å². The van der Waals surface area contributed by atoms with E-state index in [0.717, 1.165) is 42.0 Å². The first-order valence-electron chi connectivity index (χ1n) is 6.60. The minimum Gasteiger partial charge on any atom is -0.309 e. The number of rotatable bonds is 1. The molecule has 4 aromatic rings. The van der Waals surface area contributed by atoms with E-state index in [-0.39, 0.29) is 6.54 Å². The van der Waals surface area contributed by atoms with Gasteiger partial charge in [0.25, 0.3) is 0 Å². The molecule has 0 unspecified atom stereocenters. The van der Waals surface area contributed by atoms with Gasteiger partial charge in [-0.05, 0) is 40.2 Å². The van der Waals surface area contributed by atoms with Crippen molar-refractivity contribution in [1.29, 1.82) is 5.26 Å². The molecule has 0 aliphatic carbocycles. The van der Waals surface area contributed by atoms with E-state index in [9.17, 15) is 5.26 Å². The van der Waals surface area contributed by atoms with Crippen molar-refractivity contribution in [3.05, 3.63) is 45.3 Å². The molecule has 0 saturated heterocycles. The summed E-state index contributed by atoms with van der Waals surface area (Å²) in [5, 5.41) is 10.1. The number of benzene rings is 2. The van der Waals surface area contributed by atoms with Crippen molar-refractivity contribution in [2.45, 2.75) is 6.54 Å². The van der Waals surface area contributed by atoms with Crippen molar-refractivity contribution in [2.75, 3.05) is 0 Å². The van der Waals surface area contributed by atoms with Crippen molar-refractivity contribution in [3.8, 4) is 6.07 Å². The molecular weight excluding hydrogens is 408 g/mol. The lowest BCUT2D eigenvalue weighted by Gasteiger charge is -2.03. The van der Waals surface area contributed by atoms with Crippen LogP contribution in [0, 0.1) is 11.3 Å². The van der Waals surface area contributed by atoms with Gasteiger partial charge in [-0.15, -0.1) is 0 Å². The second kappa shape index (κ2) is 5.04. The first-order valence-corrected chi connectivity index (χ1v) is 8.18. The topological polar surface area (TPSA) is 54.5 Å². The van der Waals surface area contributed by atoms with Gasteiger partial charge in [-0.2, -0.15) is 5.26 Å². The third kappa shape index (κ3) is 1.93. The van der Waals surface area contributed by atoms with Crippen LogP contribution < -0.4 is 0 Å². The predicted octanol–water partition coefficient (Wildman–Crippen LogP) is 4.79. The van der Waals surface area contributed by atoms with Gasteiger partial charge >= 0.3 is 0 Å². The molecule has 2 aromatic carbocycles. The maximum absolute atomic E-state index is 9.17. The summed E-state index contributed by atoms with van der Waals surface area (Å²) in [5.41, 5.74) is 4.16. The maximum atomic E-state index is 9.17. The van der Waals surface area contributed by atoms with Gasteiger partial charge in [0.05, 0.1) is 22.6 Å². The van der Waals surface area contributed by atoms with Gasteiger partial charge in [0.2, 0.25) is 0 Å². The minimum atomic E-state index is 0.229. The molecule has 0 aliphatic rings. The molecule has 0 fully saturated rings. The Balaban J connectivity index is 2.29. The highest BCUT2D eigenvalue weighted by molar-refractivity contribution is 9.11. The average Bonchev–Trinajstić information content (AvgIpc) is 2.79. The van der Waals surface area contributed by atoms with E-state index in [0.29, 0.717) is 0 Å². The number of nitriles is 1. The normalized spacial score (nSPS) is 11.3. The van der Waals surface area contributed by atoms with Gasteiger partial charge in [-0.1, -0.05) is 28.1 Å². The summed E-state index contributed by atoms with van der Waals surface area (Å²) in [6, 6.07) is 14.0. The van der Waals surface area contributed by atoms with Gasteiger partial charge in [-0.3, -0.25) is 0 Å². The molecule has 2 aromatic heterocycles. The van der Waals surface area contributed by atoms with E-state index in [4.69, 9.17) is 9.97 Å². The van der Waals surface area contributed by atoms with Crippen molar-refractivity contribution in [1.82, 2.24) is 14.5 Å². The van der Waals surface area contributed by atoms with Crippen LogP contribution in [0.1, 0.15) is 0 Å². The molecule has 0 N–H and O–H groups in total. The molecule has 22 heavy (non-hydrogen) atoms. The number of aromatic nitrogens is 3. The summed E-state index contributed by atoms with van der Waals surface area (Å²) in [4.78, 5) is 9.47. The van der Waals surface area contributed by atoms with Gasteiger partial charge in [-0.25, -0.2) is 9.97 Å². The summed E-state index contributed by atoms with van der Waals surface area (Å²) < 4.78 is 3.77. The highest BCUT2D eigenvalue weighted by Gasteiger charge is 2.17. The van der Waals surface area contributed by atoms with Crippen molar-refractivity contribution < 1.29 is 0 Å². The van der Waals surface area contributed by atoms with Crippen molar-refractivity contribution >= 4 is 65.0 Å². The number of para-hydroxylation sites is 2. The van der Waals surface area contributed by atoms with Crippen LogP contribution in [0.5, 0.6) is 0 Å². The Hall–Kier alpha value is -1.97. The fourth-order valence-corrected chi connectivity index (χ4v) is 4.15. The minimum absolute atomic E-state index is 0.229. The van der Waals surface area contributed by atoms with Crippen LogP contribution in [0.2, 0.25) is 0 Å². The lowest BCUT2D eigenvalue weighted by atomic mass is 10.2. The molecule has 4 rings (SSSR count). The lowest BCUT2D eigenvalue weighted by molar-refractivity contribution is 0.894. The molecule has 0 radical (unpaired) electrons. The molecule has 0 spiro atoms. The van der Waals surface area contributed by atoms with E-state index in [1.165, 1.54) is 0 Å². The van der Waals surface area contributed by atoms with Crippen molar-refractivity contribution in [2.24, 2.45) is 0 Å². The smallest absolute Gasteiger partial charge is 0.161 e. The summed E-state index contributed by atoms with van der Waals surface area (Å²) >= 11 is 7.10. The largest absolute Gasteiger partial charge is 0.309 e. The quantitative estimate of drug-likeness (QED) is 0.449. The average molecular weight is 416 g/mol. The summed E-state index contributed by atoms with van der Waals surface area (Å²) in [5.74, 6) is 0. The Morgan fingerprint density at radius 1 is 1.09 bits per heavy atom. The SMILES string of the molecule is N#CCn1c2nc3ccccc3nc2c2cc(Br)cc(Br)c21. The second-order valence-electron chi connectivity index (χ2n) is 4.91. The Labute approximate surface area is 142 Å². The Morgan fingerprint density at radius 2 is 1.82 bits per heavy atom. The highest BCUT2D eigenvalue weighted by atomic mass is 79.9. The molecular formula is C16H8Br2N4. The van der Waals surface area contributed by atoms with E-state index >= 15 is 0 Å². The fourth-order valence-electron chi connectivity index (χ4n) is 2.71. The lowest BCUT2D eigenvalue weighted by Crippen LogP contribution is -1.98.